The van der Waals surface area contributed by atoms with E-state index in [0.29, 0.717) is 0 Å². The lowest BCUT2D eigenvalue weighted by atomic mass is 10.0. The molecule has 0 radical (unpaired) electrons. The minimum absolute atomic E-state index is 0.845. The number of furan rings is 1. The number of para-hydroxylation sites is 1. The molecule has 0 spiro atoms. The van der Waals surface area contributed by atoms with E-state index >= 15 is 0 Å². The van der Waals surface area contributed by atoms with Gasteiger partial charge < -0.3 is 9.32 Å². The standard InChI is InChI=1S/C45H28N2OS/c1-2-14-34(15-3-1)47(35-16-8-13-32(27-35)33-21-20-29-10-4-5-12-31(29)26-33)36-23-24-38-41(28-36)48-40-19-9-18-39(43(38)40)45-46-44-37-17-7-6-11-30(37)22-25-42(44)49-45/h1-28H. The van der Waals surface area contributed by atoms with Crippen molar-refractivity contribution in [3.8, 4) is 21.7 Å². The zero-order valence-electron chi connectivity index (χ0n) is 26.4. The monoisotopic (exact) mass is 644 g/mol. The van der Waals surface area contributed by atoms with E-state index in [1.807, 2.05) is 0 Å². The molecule has 0 N–H and O–H groups in total. The Morgan fingerprint density at radius 2 is 1.20 bits per heavy atom. The lowest BCUT2D eigenvalue weighted by molar-refractivity contribution is 0.669. The van der Waals surface area contributed by atoms with Gasteiger partial charge in [0.15, 0.2) is 0 Å². The van der Waals surface area contributed by atoms with Crippen LogP contribution in [0.3, 0.4) is 0 Å². The topological polar surface area (TPSA) is 29.3 Å². The van der Waals surface area contributed by atoms with Crippen molar-refractivity contribution in [1.29, 1.82) is 0 Å². The number of rotatable bonds is 5. The van der Waals surface area contributed by atoms with E-state index in [9.17, 15) is 0 Å². The average molecular weight is 645 g/mol. The maximum atomic E-state index is 6.61. The maximum absolute atomic E-state index is 6.61. The highest BCUT2D eigenvalue weighted by Gasteiger charge is 2.19. The van der Waals surface area contributed by atoms with Gasteiger partial charge in [-0.3, -0.25) is 0 Å². The van der Waals surface area contributed by atoms with Crippen LogP contribution in [0.2, 0.25) is 0 Å². The van der Waals surface area contributed by atoms with Crippen LogP contribution in [-0.2, 0) is 0 Å². The van der Waals surface area contributed by atoms with E-state index in [1.165, 1.54) is 37.4 Å². The van der Waals surface area contributed by atoms with E-state index in [1.54, 1.807) is 11.3 Å². The molecule has 10 rings (SSSR count). The third-order valence-corrected chi connectivity index (χ3v) is 10.5. The van der Waals surface area contributed by atoms with Crippen LogP contribution < -0.4 is 4.90 Å². The Morgan fingerprint density at radius 3 is 2.12 bits per heavy atom. The number of nitrogens with zero attached hydrogens (tertiary/aromatic N) is 2. The van der Waals surface area contributed by atoms with Crippen molar-refractivity contribution in [2.24, 2.45) is 0 Å². The molecule has 0 bridgehead atoms. The zero-order chi connectivity index (χ0) is 32.3. The summed E-state index contributed by atoms with van der Waals surface area (Å²) < 4.78 is 7.79. The summed E-state index contributed by atoms with van der Waals surface area (Å²) in [6.45, 7) is 0. The molecule has 0 saturated carbocycles. The Balaban J connectivity index is 1.11. The van der Waals surface area contributed by atoms with Gasteiger partial charge >= 0.3 is 0 Å². The third kappa shape index (κ3) is 4.68. The van der Waals surface area contributed by atoms with E-state index in [-0.39, 0.29) is 0 Å². The highest BCUT2D eigenvalue weighted by atomic mass is 32.1. The number of thiazole rings is 1. The van der Waals surface area contributed by atoms with Crippen LogP contribution in [0.5, 0.6) is 0 Å². The molecule has 0 atom stereocenters. The summed E-state index contributed by atoms with van der Waals surface area (Å²) >= 11 is 1.73. The van der Waals surface area contributed by atoms with Crippen molar-refractivity contribution in [2.75, 3.05) is 4.90 Å². The van der Waals surface area contributed by atoms with Gasteiger partial charge in [-0.25, -0.2) is 4.98 Å². The molecule has 2 aromatic heterocycles. The first-order valence-corrected chi connectivity index (χ1v) is 17.3. The van der Waals surface area contributed by atoms with Crippen molar-refractivity contribution in [3.05, 3.63) is 170 Å². The Morgan fingerprint density at radius 1 is 0.469 bits per heavy atom. The highest BCUT2D eigenvalue weighted by Crippen LogP contribution is 2.43. The van der Waals surface area contributed by atoms with Crippen LogP contribution in [0.4, 0.5) is 17.1 Å². The lowest BCUT2D eigenvalue weighted by Crippen LogP contribution is -2.09. The Labute approximate surface area is 286 Å². The number of anilines is 3. The predicted octanol–water partition coefficient (Wildman–Crippen LogP) is 13.3. The molecule has 3 nitrogen and oxygen atoms in total. The Bertz CT molecular complexity index is 2850. The van der Waals surface area contributed by atoms with Gasteiger partial charge in [0.2, 0.25) is 0 Å². The molecule has 0 aliphatic carbocycles. The molecular formula is C45H28N2OS. The molecule has 0 amide bonds. The van der Waals surface area contributed by atoms with Crippen LogP contribution in [0.15, 0.2) is 174 Å². The van der Waals surface area contributed by atoms with Crippen LogP contribution in [0.25, 0.3) is 75.4 Å². The van der Waals surface area contributed by atoms with Gasteiger partial charge in [0, 0.05) is 44.9 Å². The van der Waals surface area contributed by atoms with Crippen LogP contribution in [0.1, 0.15) is 0 Å². The number of fused-ring (bicyclic) bond motifs is 7. The third-order valence-electron chi connectivity index (χ3n) is 9.45. The minimum Gasteiger partial charge on any atom is -0.456 e. The summed E-state index contributed by atoms with van der Waals surface area (Å²) in [5.41, 5.74) is 9.40. The van der Waals surface area contributed by atoms with Crippen molar-refractivity contribution >= 4 is 82.1 Å². The molecule has 4 heteroatoms. The van der Waals surface area contributed by atoms with Crippen LogP contribution in [-0.4, -0.2) is 4.98 Å². The maximum Gasteiger partial charge on any atom is 0.137 e. The fourth-order valence-corrected chi connectivity index (χ4v) is 8.14. The average Bonchev–Trinajstić information content (AvgIpc) is 3.77. The smallest absolute Gasteiger partial charge is 0.137 e. The number of aromatic nitrogens is 1. The molecule has 230 valence electrons. The molecule has 10 aromatic rings. The lowest BCUT2D eigenvalue weighted by Gasteiger charge is -2.26. The normalized spacial score (nSPS) is 11.7. The van der Waals surface area contributed by atoms with E-state index in [4.69, 9.17) is 9.40 Å². The summed E-state index contributed by atoms with van der Waals surface area (Å²) in [5.74, 6) is 0. The van der Waals surface area contributed by atoms with Gasteiger partial charge in [0.25, 0.3) is 0 Å². The van der Waals surface area contributed by atoms with Crippen molar-refractivity contribution in [3.63, 3.8) is 0 Å². The quantitative estimate of drug-likeness (QED) is 0.187. The Hall–Kier alpha value is -6.23. The number of benzene rings is 8. The van der Waals surface area contributed by atoms with E-state index in [2.05, 4.69) is 175 Å². The molecule has 0 unspecified atom stereocenters. The van der Waals surface area contributed by atoms with Crippen molar-refractivity contribution in [1.82, 2.24) is 4.98 Å². The van der Waals surface area contributed by atoms with Gasteiger partial charge in [-0.2, -0.15) is 0 Å². The first kappa shape index (κ1) is 27.8. The molecule has 8 aromatic carbocycles. The van der Waals surface area contributed by atoms with Gasteiger partial charge in [-0.15, -0.1) is 11.3 Å². The molecule has 0 aliphatic heterocycles. The molecule has 0 aliphatic rings. The highest BCUT2D eigenvalue weighted by molar-refractivity contribution is 7.21. The van der Waals surface area contributed by atoms with E-state index < -0.39 is 0 Å². The summed E-state index contributed by atoms with van der Waals surface area (Å²) in [4.78, 5) is 7.49. The largest absolute Gasteiger partial charge is 0.456 e. The summed E-state index contributed by atoms with van der Waals surface area (Å²) in [5, 5.41) is 8.04. The van der Waals surface area contributed by atoms with Gasteiger partial charge in [-0.1, -0.05) is 109 Å². The summed E-state index contributed by atoms with van der Waals surface area (Å²) in [7, 11) is 0. The second kappa shape index (κ2) is 11.2. The summed E-state index contributed by atoms with van der Waals surface area (Å²) in [6.07, 6.45) is 0. The molecular weight excluding hydrogens is 617 g/mol. The predicted molar refractivity (Wildman–Crippen MR) is 207 cm³/mol. The fourth-order valence-electron chi connectivity index (χ4n) is 7.13. The van der Waals surface area contributed by atoms with Gasteiger partial charge in [0.1, 0.15) is 16.2 Å². The van der Waals surface area contributed by atoms with Crippen LogP contribution >= 0.6 is 11.3 Å². The molecule has 2 heterocycles. The SMILES string of the molecule is c1ccc(N(c2cccc(-c3ccc4ccccc4c3)c2)c2ccc3c(c2)oc2cccc(-c4nc5c(ccc6ccccc65)s4)c23)cc1. The van der Waals surface area contributed by atoms with Gasteiger partial charge in [-0.05, 0) is 81.9 Å². The molecule has 0 fully saturated rings. The number of hydrogen-bond acceptors (Lipinski definition) is 4. The second-order valence-corrected chi connectivity index (χ2v) is 13.4. The minimum atomic E-state index is 0.845. The molecule has 49 heavy (non-hydrogen) atoms. The van der Waals surface area contributed by atoms with Crippen LogP contribution in [0, 0.1) is 0 Å². The first-order chi connectivity index (χ1) is 24.3. The van der Waals surface area contributed by atoms with Crippen molar-refractivity contribution in [2.45, 2.75) is 0 Å². The fraction of sp³-hybridized carbons (Fsp3) is 0. The first-order valence-electron chi connectivity index (χ1n) is 16.5. The van der Waals surface area contributed by atoms with Crippen molar-refractivity contribution < 1.29 is 4.42 Å². The number of hydrogen-bond donors (Lipinski definition) is 0. The van der Waals surface area contributed by atoms with Gasteiger partial charge in [0.05, 0.1) is 10.2 Å². The Kier molecular flexibility index (Phi) is 6.36. The molecule has 0 saturated heterocycles. The van der Waals surface area contributed by atoms with E-state index in [0.717, 1.165) is 55.1 Å². The zero-order valence-corrected chi connectivity index (χ0v) is 27.2. The summed E-state index contributed by atoms with van der Waals surface area (Å²) in [6, 6.07) is 60.2. The second-order valence-electron chi connectivity index (χ2n) is 12.4.